The highest BCUT2D eigenvalue weighted by Crippen LogP contribution is 2.18. The van der Waals surface area contributed by atoms with Crippen LogP contribution in [0.15, 0.2) is 59.8 Å². The van der Waals surface area contributed by atoms with Crippen molar-refractivity contribution in [1.82, 2.24) is 20.1 Å². The van der Waals surface area contributed by atoms with Crippen molar-refractivity contribution < 1.29 is 9.59 Å². The molecule has 0 unspecified atom stereocenters. The number of carbonyl (C=O) groups is 2. The molecule has 28 heavy (non-hydrogen) atoms. The molecule has 2 N–H and O–H groups in total. The summed E-state index contributed by atoms with van der Waals surface area (Å²) >= 11 is 7.17. The molecule has 144 valence electrons. The molecule has 0 bridgehead atoms. The van der Waals surface area contributed by atoms with Crippen molar-refractivity contribution in [2.75, 3.05) is 11.1 Å². The summed E-state index contributed by atoms with van der Waals surface area (Å²) in [6.45, 7) is 0.243. The smallest absolute Gasteiger partial charge is 0.251 e. The summed E-state index contributed by atoms with van der Waals surface area (Å²) in [5.74, 6) is 0.421. The van der Waals surface area contributed by atoms with Gasteiger partial charge in [0.15, 0.2) is 11.0 Å². The van der Waals surface area contributed by atoms with Crippen LogP contribution in [0.1, 0.15) is 16.2 Å². The highest BCUT2D eigenvalue weighted by molar-refractivity contribution is 7.99. The largest absolute Gasteiger partial charge is 0.345 e. The van der Waals surface area contributed by atoms with Crippen LogP contribution < -0.4 is 10.6 Å². The Bertz CT molecular complexity index is 977. The molecule has 1 aromatic heterocycles. The Morgan fingerprint density at radius 3 is 2.64 bits per heavy atom. The molecule has 0 radical (unpaired) electrons. The number of anilines is 1. The van der Waals surface area contributed by atoms with Gasteiger partial charge in [0.2, 0.25) is 5.91 Å². The van der Waals surface area contributed by atoms with Gasteiger partial charge in [-0.1, -0.05) is 47.6 Å². The van der Waals surface area contributed by atoms with E-state index in [9.17, 15) is 9.59 Å². The van der Waals surface area contributed by atoms with E-state index < -0.39 is 0 Å². The van der Waals surface area contributed by atoms with Gasteiger partial charge in [-0.3, -0.25) is 9.59 Å². The molecule has 0 aliphatic heterocycles. The van der Waals surface area contributed by atoms with Gasteiger partial charge >= 0.3 is 0 Å². The molecule has 0 fully saturated rings. The SMILES string of the molecule is Cn1c(CNC(=O)c2ccccc2)nnc1SCC(=O)Nc1cccc(Cl)c1. The minimum Gasteiger partial charge on any atom is -0.345 e. The van der Waals surface area contributed by atoms with Crippen LogP contribution >= 0.6 is 23.4 Å². The zero-order valence-electron chi connectivity index (χ0n) is 15.1. The van der Waals surface area contributed by atoms with Crippen molar-refractivity contribution in [3.8, 4) is 0 Å². The predicted octanol–water partition coefficient (Wildman–Crippen LogP) is 3.13. The van der Waals surface area contributed by atoms with E-state index in [2.05, 4.69) is 20.8 Å². The van der Waals surface area contributed by atoms with Gasteiger partial charge in [0.05, 0.1) is 12.3 Å². The standard InChI is InChI=1S/C19H18ClN5O2S/c1-25-16(11-21-18(27)13-6-3-2-4-7-13)23-24-19(25)28-12-17(26)22-15-9-5-8-14(20)10-15/h2-10H,11-12H2,1H3,(H,21,27)(H,22,26). The summed E-state index contributed by atoms with van der Waals surface area (Å²) in [5, 5.41) is 14.9. The molecule has 2 amide bonds. The molecule has 3 rings (SSSR count). The zero-order valence-corrected chi connectivity index (χ0v) is 16.6. The number of halogens is 1. The first kappa shape index (κ1) is 19.9. The number of hydrogen-bond acceptors (Lipinski definition) is 5. The van der Waals surface area contributed by atoms with Crippen LogP contribution in [0, 0.1) is 0 Å². The van der Waals surface area contributed by atoms with Crippen LogP contribution in [-0.4, -0.2) is 32.3 Å². The Balaban J connectivity index is 1.51. The molecular formula is C19H18ClN5O2S. The Kier molecular flexibility index (Phi) is 6.67. The van der Waals surface area contributed by atoms with E-state index in [1.54, 1.807) is 60.1 Å². The van der Waals surface area contributed by atoms with E-state index in [1.807, 2.05) is 6.07 Å². The van der Waals surface area contributed by atoms with Crippen LogP contribution in [0.5, 0.6) is 0 Å². The van der Waals surface area contributed by atoms with E-state index in [0.717, 1.165) is 0 Å². The topological polar surface area (TPSA) is 88.9 Å². The maximum absolute atomic E-state index is 12.1. The Morgan fingerprint density at radius 2 is 1.89 bits per heavy atom. The van der Waals surface area contributed by atoms with E-state index in [4.69, 9.17) is 11.6 Å². The van der Waals surface area contributed by atoms with Gasteiger partial charge in [-0.15, -0.1) is 10.2 Å². The summed E-state index contributed by atoms with van der Waals surface area (Å²) in [7, 11) is 1.79. The number of carbonyl (C=O) groups excluding carboxylic acids is 2. The summed E-state index contributed by atoms with van der Waals surface area (Å²) in [6, 6.07) is 15.9. The van der Waals surface area contributed by atoms with Gasteiger partial charge in [-0.25, -0.2) is 0 Å². The molecule has 0 spiro atoms. The number of aromatic nitrogens is 3. The van der Waals surface area contributed by atoms with Crippen molar-refractivity contribution >= 4 is 40.9 Å². The minimum absolute atomic E-state index is 0.172. The third-order valence-corrected chi connectivity index (χ3v) is 5.06. The molecule has 7 nitrogen and oxygen atoms in total. The first-order valence-electron chi connectivity index (χ1n) is 8.42. The highest BCUT2D eigenvalue weighted by atomic mass is 35.5. The van der Waals surface area contributed by atoms with E-state index in [0.29, 0.717) is 27.3 Å². The van der Waals surface area contributed by atoms with Crippen molar-refractivity contribution in [1.29, 1.82) is 0 Å². The molecular weight excluding hydrogens is 398 g/mol. The normalized spacial score (nSPS) is 10.5. The second kappa shape index (κ2) is 9.38. The fourth-order valence-corrected chi connectivity index (χ4v) is 3.29. The zero-order chi connectivity index (χ0) is 19.9. The average Bonchev–Trinajstić information content (AvgIpc) is 3.05. The van der Waals surface area contributed by atoms with Crippen LogP contribution in [0.3, 0.4) is 0 Å². The molecule has 0 aliphatic rings. The van der Waals surface area contributed by atoms with Gasteiger partial charge in [0.25, 0.3) is 5.91 Å². The van der Waals surface area contributed by atoms with Gasteiger partial charge in [-0.05, 0) is 30.3 Å². The van der Waals surface area contributed by atoms with Crippen LogP contribution in [0.25, 0.3) is 0 Å². The fraction of sp³-hybridized carbons (Fsp3) is 0.158. The molecule has 2 aromatic carbocycles. The lowest BCUT2D eigenvalue weighted by atomic mass is 10.2. The third-order valence-electron chi connectivity index (χ3n) is 3.81. The summed E-state index contributed by atoms with van der Waals surface area (Å²) in [6.07, 6.45) is 0. The number of thioether (sulfide) groups is 1. The predicted molar refractivity (Wildman–Crippen MR) is 109 cm³/mol. The van der Waals surface area contributed by atoms with Crippen LogP contribution in [-0.2, 0) is 18.4 Å². The van der Waals surface area contributed by atoms with Gasteiger partial charge in [0, 0.05) is 23.3 Å². The molecule has 0 saturated carbocycles. The van der Waals surface area contributed by atoms with Crippen molar-refractivity contribution in [3.63, 3.8) is 0 Å². The fourth-order valence-electron chi connectivity index (χ4n) is 2.37. The van der Waals surface area contributed by atoms with E-state index in [-0.39, 0.29) is 24.1 Å². The molecule has 9 heteroatoms. The second-order valence-electron chi connectivity index (χ2n) is 5.85. The molecule has 0 atom stereocenters. The first-order chi connectivity index (χ1) is 13.5. The highest BCUT2D eigenvalue weighted by Gasteiger charge is 2.13. The Morgan fingerprint density at radius 1 is 1.11 bits per heavy atom. The van der Waals surface area contributed by atoms with E-state index in [1.165, 1.54) is 11.8 Å². The van der Waals surface area contributed by atoms with E-state index >= 15 is 0 Å². The maximum atomic E-state index is 12.1. The molecule has 0 aliphatic carbocycles. The minimum atomic E-state index is -0.182. The van der Waals surface area contributed by atoms with Gasteiger partial charge in [0.1, 0.15) is 0 Å². The van der Waals surface area contributed by atoms with Crippen molar-refractivity contribution in [3.05, 3.63) is 71.0 Å². The van der Waals surface area contributed by atoms with Gasteiger partial charge in [-0.2, -0.15) is 0 Å². The average molecular weight is 416 g/mol. The molecule has 3 aromatic rings. The number of hydrogen-bond donors (Lipinski definition) is 2. The molecule has 0 saturated heterocycles. The maximum Gasteiger partial charge on any atom is 0.251 e. The van der Waals surface area contributed by atoms with Crippen molar-refractivity contribution in [2.45, 2.75) is 11.7 Å². The summed E-state index contributed by atoms with van der Waals surface area (Å²) in [5.41, 5.74) is 1.22. The lowest BCUT2D eigenvalue weighted by molar-refractivity contribution is -0.113. The lowest BCUT2D eigenvalue weighted by Gasteiger charge is -2.07. The first-order valence-corrected chi connectivity index (χ1v) is 9.79. The van der Waals surface area contributed by atoms with Crippen LogP contribution in [0.4, 0.5) is 5.69 Å². The third kappa shape index (κ3) is 5.34. The Labute approximate surface area is 171 Å². The quantitative estimate of drug-likeness (QED) is 0.579. The number of rotatable bonds is 7. The Hall–Kier alpha value is -2.84. The summed E-state index contributed by atoms with van der Waals surface area (Å²) < 4.78 is 1.75. The second-order valence-corrected chi connectivity index (χ2v) is 7.23. The molecule has 1 heterocycles. The monoisotopic (exact) mass is 415 g/mol. The van der Waals surface area contributed by atoms with Crippen LogP contribution in [0.2, 0.25) is 5.02 Å². The number of nitrogens with zero attached hydrogens (tertiary/aromatic N) is 3. The van der Waals surface area contributed by atoms with Gasteiger partial charge < -0.3 is 15.2 Å². The number of nitrogens with one attached hydrogen (secondary N) is 2. The lowest BCUT2D eigenvalue weighted by Crippen LogP contribution is -2.24. The van der Waals surface area contributed by atoms with Crippen molar-refractivity contribution in [2.24, 2.45) is 7.05 Å². The number of benzene rings is 2. The number of amides is 2. The summed E-state index contributed by atoms with van der Waals surface area (Å²) in [4.78, 5) is 24.2.